The molecule has 148 valence electrons. The zero-order valence-corrected chi connectivity index (χ0v) is 15.9. The van der Waals surface area contributed by atoms with Gasteiger partial charge in [0, 0.05) is 24.5 Å². The fourth-order valence-corrected chi connectivity index (χ4v) is 2.32. The molecule has 9 heteroatoms. The number of para-hydroxylation sites is 1. The summed E-state index contributed by atoms with van der Waals surface area (Å²) in [4.78, 5) is 13.1. The number of hydrogen-bond donors (Lipinski definition) is 4. The first kappa shape index (κ1) is 21.3. The lowest BCUT2D eigenvalue weighted by atomic mass is 10.3. The van der Waals surface area contributed by atoms with Crippen LogP contribution < -0.4 is 16.0 Å². The topological polar surface area (TPSA) is 95.0 Å². The number of hydrogen-bond acceptors (Lipinski definition) is 7. The highest BCUT2D eigenvalue weighted by Crippen LogP contribution is 2.18. The van der Waals surface area contributed by atoms with Crippen LogP contribution in [0.2, 0.25) is 0 Å². The average molecular weight is 405 g/mol. The van der Waals surface area contributed by atoms with Crippen LogP contribution in [0.3, 0.4) is 0 Å². The Balaban J connectivity index is 0.00000280. The number of aliphatic hydroxyl groups is 1. The summed E-state index contributed by atoms with van der Waals surface area (Å²) >= 11 is 0. The summed E-state index contributed by atoms with van der Waals surface area (Å²) in [6.07, 6.45) is 1.50. The van der Waals surface area contributed by atoms with Gasteiger partial charge in [-0.05, 0) is 49.2 Å². The predicted octanol–water partition coefficient (Wildman–Crippen LogP) is 4.10. The molecule has 0 saturated heterocycles. The highest BCUT2D eigenvalue weighted by molar-refractivity contribution is 5.85. The van der Waals surface area contributed by atoms with E-state index in [1.807, 2.05) is 30.3 Å². The van der Waals surface area contributed by atoms with Crippen molar-refractivity contribution in [2.45, 2.75) is 12.8 Å². The van der Waals surface area contributed by atoms with Gasteiger partial charge < -0.3 is 21.1 Å². The Hall–Kier alpha value is -2.97. The molecule has 0 spiro atoms. The van der Waals surface area contributed by atoms with Gasteiger partial charge in [0.05, 0.1) is 0 Å². The fraction of sp³-hybridized carbons (Fsp3) is 0.211. The van der Waals surface area contributed by atoms with Crippen LogP contribution in [0.4, 0.5) is 33.6 Å². The van der Waals surface area contributed by atoms with E-state index in [1.165, 1.54) is 12.1 Å². The average Bonchev–Trinajstić information content (AvgIpc) is 2.68. The molecule has 3 aromatic rings. The summed E-state index contributed by atoms with van der Waals surface area (Å²) in [5, 5.41) is 18.2. The van der Waals surface area contributed by atoms with Gasteiger partial charge >= 0.3 is 0 Å². The molecule has 0 unspecified atom stereocenters. The molecule has 7 nitrogen and oxygen atoms in total. The largest absolute Gasteiger partial charge is 0.396 e. The summed E-state index contributed by atoms with van der Waals surface area (Å²) in [6.45, 7) is 0.780. The Morgan fingerprint density at radius 2 is 1.32 bits per heavy atom. The van der Waals surface area contributed by atoms with Gasteiger partial charge in [0.25, 0.3) is 0 Å². The second-order valence-corrected chi connectivity index (χ2v) is 5.79. The Bertz CT molecular complexity index is 851. The molecule has 0 fully saturated rings. The molecule has 0 bridgehead atoms. The molecule has 1 aromatic heterocycles. The number of unbranched alkanes of at least 4 members (excludes halogenated alkanes) is 1. The molecule has 1 heterocycles. The smallest absolute Gasteiger partial charge is 0.233 e. The lowest BCUT2D eigenvalue weighted by molar-refractivity contribution is 0.286. The van der Waals surface area contributed by atoms with Crippen LogP contribution in [-0.4, -0.2) is 33.2 Å². The maximum Gasteiger partial charge on any atom is 0.233 e. The van der Waals surface area contributed by atoms with E-state index in [-0.39, 0.29) is 24.8 Å². The lowest BCUT2D eigenvalue weighted by Gasteiger charge is -2.11. The van der Waals surface area contributed by atoms with E-state index in [2.05, 4.69) is 30.9 Å². The second-order valence-electron chi connectivity index (χ2n) is 5.79. The molecule has 0 aliphatic carbocycles. The van der Waals surface area contributed by atoms with E-state index in [0.29, 0.717) is 36.5 Å². The van der Waals surface area contributed by atoms with E-state index in [1.54, 1.807) is 12.1 Å². The van der Waals surface area contributed by atoms with Crippen LogP contribution in [0, 0.1) is 5.82 Å². The third-order valence-corrected chi connectivity index (χ3v) is 3.63. The molecule has 0 aliphatic heterocycles. The third-order valence-electron chi connectivity index (χ3n) is 3.63. The maximum absolute atomic E-state index is 13.1. The number of halogens is 2. The van der Waals surface area contributed by atoms with Crippen LogP contribution in [-0.2, 0) is 0 Å². The van der Waals surface area contributed by atoms with Crippen LogP contribution in [0.1, 0.15) is 12.8 Å². The standard InChI is InChI=1S/C19H21FN6O.ClH/c20-14-8-10-16(11-9-14)23-19-25-17(21-12-4-5-13-27)24-18(26-19)22-15-6-2-1-3-7-15;/h1-3,6-11,27H,4-5,12-13H2,(H3,21,22,23,24,25,26);1H. The highest BCUT2D eigenvalue weighted by Gasteiger charge is 2.08. The zero-order chi connectivity index (χ0) is 18.9. The minimum absolute atomic E-state index is 0. The van der Waals surface area contributed by atoms with Crippen molar-refractivity contribution in [3.05, 3.63) is 60.4 Å². The molecule has 4 N–H and O–H groups in total. The van der Waals surface area contributed by atoms with Crippen molar-refractivity contribution in [1.29, 1.82) is 0 Å². The van der Waals surface area contributed by atoms with Crippen LogP contribution in [0.15, 0.2) is 54.6 Å². The molecule has 3 rings (SSSR count). The first-order valence-corrected chi connectivity index (χ1v) is 8.68. The lowest BCUT2D eigenvalue weighted by Crippen LogP contribution is -2.10. The van der Waals surface area contributed by atoms with E-state index in [9.17, 15) is 4.39 Å². The number of anilines is 5. The molecule has 0 atom stereocenters. The third kappa shape index (κ3) is 6.64. The van der Waals surface area contributed by atoms with Crippen LogP contribution in [0.25, 0.3) is 0 Å². The number of rotatable bonds is 9. The summed E-state index contributed by atoms with van der Waals surface area (Å²) < 4.78 is 13.1. The number of aliphatic hydroxyl groups excluding tert-OH is 1. The van der Waals surface area contributed by atoms with Gasteiger partial charge in [-0.1, -0.05) is 18.2 Å². The van der Waals surface area contributed by atoms with Gasteiger partial charge in [0.1, 0.15) is 5.82 Å². The van der Waals surface area contributed by atoms with Gasteiger partial charge in [-0.3, -0.25) is 0 Å². The van der Waals surface area contributed by atoms with Crippen LogP contribution in [0.5, 0.6) is 0 Å². The maximum atomic E-state index is 13.1. The normalized spacial score (nSPS) is 10.1. The molecule has 0 saturated carbocycles. The number of aromatic nitrogens is 3. The van der Waals surface area contributed by atoms with Crippen LogP contribution >= 0.6 is 12.4 Å². The molecular formula is C19H22ClFN6O. The van der Waals surface area contributed by atoms with Gasteiger partial charge in [0.2, 0.25) is 17.8 Å². The quantitative estimate of drug-likeness (QED) is 0.399. The molecule has 0 radical (unpaired) electrons. The molecule has 0 amide bonds. The van der Waals surface area contributed by atoms with Gasteiger partial charge in [-0.15, -0.1) is 12.4 Å². The summed E-state index contributed by atoms with van der Waals surface area (Å²) in [5.41, 5.74) is 1.52. The van der Waals surface area contributed by atoms with E-state index in [4.69, 9.17) is 5.11 Å². The fourth-order valence-electron chi connectivity index (χ4n) is 2.32. The van der Waals surface area contributed by atoms with E-state index >= 15 is 0 Å². The molecule has 0 aliphatic rings. The molecule has 28 heavy (non-hydrogen) atoms. The van der Waals surface area contributed by atoms with Crippen molar-refractivity contribution in [2.24, 2.45) is 0 Å². The Morgan fingerprint density at radius 1 is 0.750 bits per heavy atom. The molecule has 2 aromatic carbocycles. The minimum Gasteiger partial charge on any atom is -0.396 e. The van der Waals surface area contributed by atoms with Gasteiger partial charge in [0.15, 0.2) is 0 Å². The number of benzene rings is 2. The van der Waals surface area contributed by atoms with Gasteiger partial charge in [-0.25, -0.2) is 4.39 Å². The second kappa shape index (κ2) is 11.0. The predicted molar refractivity (Wildman–Crippen MR) is 111 cm³/mol. The van der Waals surface area contributed by atoms with E-state index < -0.39 is 0 Å². The number of nitrogens with one attached hydrogen (secondary N) is 3. The van der Waals surface area contributed by atoms with Crippen molar-refractivity contribution in [1.82, 2.24) is 15.0 Å². The first-order valence-electron chi connectivity index (χ1n) is 8.68. The monoisotopic (exact) mass is 404 g/mol. The summed E-state index contributed by atoms with van der Waals surface area (Å²) in [7, 11) is 0. The zero-order valence-electron chi connectivity index (χ0n) is 15.1. The van der Waals surface area contributed by atoms with E-state index in [0.717, 1.165) is 12.1 Å². The van der Waals surface area contributed by atoms with Crippen molar-refractivity contribution in [3.8, 4) is 0 Å². The van der Waals surface area contributed by atoms with Crippen molar-refractivity contribution in [3.63, 3.8) is 0 Å². The van der Waals surface area contributed by atoms with Crippen molar-refractivity contribution >= 4 is 41.6 Å². The molecular weight excluding hydrogens is 383 g/mol. The van der Waals surface area contributed by atoms with Gasteiger partial charge in [-0.2, -0.15) is 15.0 Å². The first-order chi connectivity index (χ1) is 13.2. The Kier molecular flexibility index (Phi) is 8.38. The minimum atomic E-state index is -0.311. The Morgan fingerprint density at radius 3 is 1.93 bits per heavy atom. The summed E-state index contributed by atoms with van der Waals surface area (Å²) in [5.74, 6) is 0.810. The van der Waals surface area contributed by atoms with Crippen molar-refractivity contribution in [2.75, 3.05) is 29.1 Å². The summed E-state index contributed by atoms with van der Waals surface area (Å²) in [6, 6.07) is 15.5. The SMILES string of the molecule is Cl.OCCCCNc1nc(Nc2ccccc2)nc(Nc2ccc(F)cc2)n1. The number of nitrogens with zero attached hydrogens (tertiary/aromatic N) is 3. The Labute approximate surface area is 168 Å². The highest BCUT2D eigenvalue weighted by atomic mass is 35.5. The van der Waals surface area contributed by atoms with Crippen molar-refractivity contribution < 1.29 is 9.50 Å².